The van der Waals surface area contributed by atoms with E-state index in [9.17, 15) is 18.0 Å². The Kier molecular flexibility index (Phi) is 6.50. The summed E-state index contributed by atoms with van der Waals surface area (Å²) < 4.78 is 44.2. The topological polar surface area (TPSA) is 75.4 Å². The Morgan fingerprint density at radius 1 is 1.22 bits per heavy atom. The van der Waals surface area contributed by atoms with E-state index in [1.165, 1.54) is 18.3 Å². The maximum atomic E-state index is 13.9. The number of likely N-dealkylation sites (tertiary alicyclic amines) is 1. The van der Waals surface area contributed by atoms with E-state index in [1.807, 2.05) is 7.05 Å². The van der Waals surface area contributed by atoms with Gasteiger partial charge in [-0.05, 0) is 63.3 Å². The van der Waals surface area contributed by atoms with Gasteiger partial charge in [-0.2, -0.15) is 8.78 Å². The van der Waals surface area contributed by atoms with Crippen LogP contribution in [0.2, 0.25) is 0 Å². The van der Waals surface area contributed by atoms with Gasteiger partial charge in [0.25, 0.3) is 5.89 Å². The fourth-order valence-corrected chi connectivity index (χ4v) is 3.66. The molecule has 0 unspecified atom stereocenters. The monoisotopic (exact) mass is 445 g/mol. The molecule has 0 saturated carbocycles. The van der Waals surface area contributed by atoms with E-state index in [1.54, 1.807) is 29.2 Å². The van der Waals surface area contributed by atoms with Gasteiger partial charge in [-0.1, -0.05) is 6.07 Å². The Morgan fingerprint density at radius 2 is 2.00 bits per heavy atom. The molecular weight excluding hydrogens is 423 g/mol. The first-order chi connectivity index (χ1) is 15.4. The second-order valence-electron chi connectivity index (χ2n) is 7.77. The van der Waals surface area contributed by atoms with Gasteiger partial charge in [0.2, 0.25) is 11.8 Å². The summed E-state index contributed by atoms with van der Waals surface area (Å²) in [5.74, 6) is -1.49. The molecule has 3 aromatic rings. The number of anilines is 1. The summed E-state index contributed by atoms with van der Waals surface area (Å²) in [6.07, 6.45) is 0.0322. The van der Waals surface area contributed by atoms with E-state index in [0.717, 1.165) is 25.9 Å². The maximum Gasteiger partial charge on any atom is 0.314 e. The average molecular weight is 445 g/mol. The molecule has 1 amide bonds. The quantitative estimate of drug-likeness (QED) is 0.569. The molecule has 3 heterocycles. The largest absolute Gasteiger partial charge is 0.415 e. The van der Waals surface area contributed by atoms with Crippen LogP contribution in [-0.4, -0.2) is 46.1 Å². The molecule has 1 aliphatic rings. The summed E-state index contributed by atoms with van der Waals surface area (Å²) >= 11 is 0. The Morgan fingerprint density at radius 3 is 2.62 bits per heavy atom. The summed E-state index contributed by atoms with van der Waals surface area (Å²) in [7, 11) is 2.02. The fraction of sp³-hybridized carbons (Fsp3) is 0.364. The number of hydrogen-bond acceptors (Lipinski definition) is 6. The van der Waals surface area contributed by atoms with Crippen molar-refractivity contribution in [3.8, 4) is 11.5 Å². The van der Waals surface area contributed by atoms with Crippen LogP contribution in [0.1, 0.15) is 30.9 Å². The van der Waals surface area contributed by atoms with Crippen LogP contribution in [0.4, 0.5) is 18.9 Å². The highest BCUT2D eigenvalue weighted by molar-refractivity contribution is 5.95. The maximum absolute atomic E-state index is 13.9. The first-order valence-corrected chi connectivity index (χ1v) is 10.2. The van der Waals surface area contributed by atoms with Gasteiger partial charge in [0.1, 0.15) is 5.82 Å². The number of hydrogen-bond donors (Lipinski definition) is 0. The van der Waals surface area contributed by atoms with Crippen LogP contribution in [0.25, 0.3) is 11.5 Å². The number of pyridine rings is 1. The standard InChI is InChI=1S/C22H22F3N5O2/c1-29-9-7-14(8-10-29)22(31)30(18-4-2-3-16(23)11-18)13-17-6-5-15(12-26-17)20-27-28-21(32-20)19(24)25/h2-6,11-12,14,19H,7-10,13H2,1H3. The highest BCUT2D eigenvalue weighted by Crippen LogP contribution is 2.26. The second kappa shape index (κ2) is 9.47. The number of nitrogens with zero attached hydrogens (tertiary/aromatic N) is 5. The van der Waals surface area contributed by atoms with Crippen molar-refractivity contribution in [3.63, 3.8) is 0 Å². The van der Waals surface area contributed by atoms with Gasteiger partial charge < -0.3 is 14.2 Å². The Balaban J connectivity index is 1.55. The summed E-state index contributed by atoms with van der Waals surface area (Å²) in [5.41, 5.74) is 1.39. The van der Waals surface area contributed by atoms with Gasteiger partial charge in [0.15, 0.2) is 0 Å². The zero-order valence-electron chi connectivity index (χ0n) is 17.4. The molecule has 2 aromatic heterocycles. The van der Waals surface area contributed by atoms with Crippen molar-refractivity contribution in [2.75, 3.05) is 25.0 Å². The van der Waals surface area contributed by atoms with Crippen molar-refractivity contribution >= 4 is 11.6 Å². The zero-order chi connectivity index (χ0) is 22.7. The van der Waals surface area contributed by atoms with Crippen LogP contribution in [0.3, 0.4) is 0 Å². The Bertz CT molecular complexity index is 1070. The Labute approximate surface area is 182 Å². The number of piperidine rings is 1. The molecule has 0 atom stereocenters. The number of alkyl halides is 2. The van der Waals surface area contributed by atoms with E-state index in [-0.39, 0.29) is 24.3 Å². The van der Waals surface area contributed by atoms with E-state index >= 15 is 0 Å². The molecule has 0 spiro atoms. The highest BCUT2D eigenvalue weighted by Gasteiger charge is 2.29. The first-order valence-electron chi connectivity index (χ1n) is 10.2. The van der Waals surface area contributed by atoms with Crippen molar-refractivity contribution in [2.45, 2.75) is 25.8 Å². The van der Waals surface area contributed by atoms with Crippen molar-refractivity contribution in [1.29, 1.82) is 0 Å². The molecule has 7 nitrogen and oxygen atoms in total. The van der Waals surface area contributed by atoms with Gasteiger partial charge in [0, 0.05) is 17.8 Å². The van der Waals surface area contributed by atoms with Crippen molar-refractivity contribution < 1.29 is 22.4 Å². The molecule has 4 rings (SSSR count). The molecule has 1 saturated heterocycles. The third kappa shape index (κ3) is 4.96. The smallest absolute Gasteiger partial charge is 0.314 e. The minimum absolute atomic E-state index is 0.0660. The molecule has 0 N–H and O–H groups in total. The lowest BCUT2D eigenvalue weighted by Gasteiger charge is -2.32. The zero-order valence-corrected chi connectivity index (χ0v) is 17.4. The van der Waals surface area contributed by atoms with E-state index in [4.69, 9.17) is 4.42 Å². The summed E-state index contributed by atoms with van der Waals surface area (Å²) in [5, 5.41) is 6.91. The van der Waals surface area contributed by atoms with E-state index < -0.39 is 18.1 Å². The van der Waals surface area contributed by atoms with Crippen molar-refractivity contribution in [2.24, 2.45) is 5.92 Å². The first kappa shape index (κ1) is 21.9. The molecule has 1 fully saturated rings. The second-order valence-corrected chi connectivity index (χ2v) is 7.77. The van der Waals surface area contributed by atoms with Crippen LogP contribution >= 0.6 is 0 Å². The molecule has 1 aromatic carbocycles. The number of amides is 1. The number of halogens is 3. The van der Waals surface area contributed by atoms with E-state index in [2.05, 4.69) is 20.1 Å². The molecule has 0 bridgehead atoms. The van der Waals surface area contributed by atoms with Crippen LogP contribution in [-0.2, 0) is 11.3 Å². The molecule has 0 radical (unpaired) electrons. The SMILES string of the molecule is CN1CCC(C(=O)N(Cc2ccc(-c3nnc(C(F)F)o3)cn2)c2cccc(F)c2)CC1. The predicted molar refractivity (Wildman–Crippen MR) is 110 cm³/mol. The molecular formula is C22H22F3N5O2. The third-order valence-electron chi connectivity index (χ3n) is 5.47. The third-order valence-corrected chi connectivity index (χ3v) is 5.47. The summed E-state index contributed by atoms with van der Waals surface area (Å²) in [6.45, 7) is 1.79. The minimum Gasteiger partial charge on any atom is -0.415 e. The van der Waals surface area contributed by atoms with Gasteiger partial charge >= 0.3 is 6.43 Å². The van der Waals surface area contributed by atoms with Crippen molar-refractivity contribution in [3.05, 3.63) is 60.0 Å². The van der Waals surface area contributed by atoms with Crippen LogP contribution in [0.5, 0.6) is 0 Å². The average Bonchev–Trinajstić information content (AvgIpc) is 3.29. The molecule has 168 valence electrons. The summed E-state index contributed by atoms with van der Waals surface area (Å²) in [6, 6.07) is 9.16. The highest BCUT2D eigenvalue weighted by atomic mass is 19.3. The number of rotatable bonds is 6. The van der Waals surface area contributed by atoms with Gasteiger partial charge in [-0.3, -0.25) is 9.78 Å². The van der Waals surface area contributed by atoms with Gasteiger partial charge in [-0.15, -0.1) is 10.2 Å². The number of carbonyl (C=O) groups excluding carboxylic acids is 1. The number of carbonyl (C=O) groups is 1. The molecule has 10 heteroatoms. The van der Waals surface area contributed by atoms with Crippen LogP contribution in [0, 0.1) is 11.7 Å². The lowest BCUT2D eigenvalue weighted by atomic mass is 9.95. The molecule has 32 heavy (non-hydrogen) atoms. The van der Waals surface area contributed by atoms with Gasteiger partial charge in [0.05, 0.1) is 17.8 Å². The predicted octanol–water partition coefficient (Wildman–Crippen LogP) is 4.08. The number of aromatic nitrogens is 3. The molecule has 0 aliphatic carbocycles. The van der Waals surface area contributed by atoms with Gasteiger partial charge in [-0.25, -0.2) is 4.39 Å². The number of benzene rings is 1. The summed E-state index contributed by atoms with van der Waals surface area (Å²) in [4.78, 5) is 21.4. The lowest BCUT2D eigenvalue weighted by molar-refractivity contribution is -0.123. The van der Waals surface area contributed by atoms with Crippen LogP contribution in [0.15, 0.2) is 47.0 Å². The molecule has 1 aliphatic heterocycles. The minimum atomic E-state index is -2.85. The Hall–Kier alpha value is -3.27. The lowest BCUT2D eigenvalue weighted by Crippen LogP contribution is -2.41. The van der Waals surface area contributed by atoms with Crippen molar-refractivity contribution in [1.82, 2.24) is 20.1 Å². The normalized spacial score (nSPS) is 15.3. The fourth-order valence-electron chi connectivity index (χ4n) is 3.66. The van der Waals surface area contributed by atoms with Crippen LogP contribution < -0.4 is 4.90 Å². The van der Waals surface area contributed by atoms with E-state index in [0.29, 0.717) is 16.9 Å².